The van der Waals surface area contributed by atoms with Crippen molar-refractivity contribution >= 4 is 15.8 Å². The number of nitrogens with one attached hydrogen (secondary N) is 2. The smallest absolute Gasteiger partial charge is 0.191 e. The third-order valence-electron chi connectivity index (χ3n) is 4.62. The van der Waals surface area contributed by atoms with Gasteiger partial charge >= 0.3 is 0 Å². The number of benzene rings is 2. The Labute approximate surface area is 169 Å². The zero-order chi connectivity index (χ0) is 20.7. The highest BCUT2D eigenvalue weighted by Crippen LogP contribution is 2.17. The highest BCUT2D eigenvalue weighted by molar-refractivity contribution is 7.90. The average molecular weight is 402 g/mol. The first kappa shape index (κ1) is 22.0. The Bertz CT molecular complexity index is 919. The molecule has 152 valence electrons. The lowest BCUT2D eigenvalue weighted by atomic mass is 10.0. The molecule has 0 aromatic heterocycles. The largest absolute Gasteiger partial charge is 0.357 e. The predicted molar refractivity (Wildman–Crippen MR) is 117 cm³/mol. The summed E-state index contributed by atoms with van der Waals surface area (Å²) in [5, 5.41) is 6.66. The average Bonchev–Trinajstić information content (AvgIpc) is 2.63. The van der Waals surface area contributed by atoms with Crippen LogP contribution in [0.25, 0.3) is 0 Å². The second kappa shape index (κ2) is 9.73. The Hall–Kier alpha value is -2.34. The molecule has 0 aliphatic heterocycles. The molecule has 0 bridgehead atoms. The molecule has 5 nitrogen and oxygen atoms in total. The Kier molecular flexibility index (Phi) is 7.63. The van der Waals surface area contributed by atoms with Gasteiger partial charge in [0.1, 0.15) is 0 Å². The van der Waals surface area contributed by atoms with E-state index in [4.69, 9.17) is 0 Å². The quantitative estimate of drug-likeness (QED) is 0.550. The van der Waals surface area contributed by atoms with Crippen LogP contribution < -0.4 is 10.6 Å². The van der Waals surface area contributed by atoms with E-state index in [0.29, 0.717) is 17.4 Å². The predicted octanol–water partition coefficient (Wildman–Crippen LogP) is 3.57. The topological polar surface area (TPSA) is 70.6 Å². The number of hydrogen-bond acceptors (Lipinski definition) is 3. The van der Waals surface area contributed by atoms with Gasteiger partial charge in [-0.1, -0.05) is 48.9 Å². The summed E-state index contributed by atoms with van der Waals surface area (Å²) in [4.78, 5) is 5.01. The highest BCUT2D eigenvalue weighted by atomic mass is 32.2. The van der Waals surface area contributed by atoms with Gasteiger partial charge < -0.3 is 10.6 Å². The summed E-state index contributed by atoms with van der Waals surface area (Å²) in [6.07, 6.45) is 1.23. The lowest BCUT2D eigenvalue weighted by molar-refractivity contribution is 0.601. The van der Waals surface area contributed by atoms with Crippen molar-refractivity contribution in [3.8, 4) is 0 Å². The van der Waals surface area contributed by atoms with Crippen LogP contribution in [0.1, 0.15) is 42.0 Å². The van der Waals surface area contributed by atoms with E-state index < -0.39 is 9.84 Å². The van der Waals surface area contributed by atoms with Crippen LogP contribution in [0, 0.1) is 13.8 Å². The Morgan fingerprint density at radius 3 is 2.32 bits per heavy atom. The number of nitrogens with zero attached hydrogens (tertiary/aromatic N) is 1. The normalized spacial score (nSPS) is 13.2. The van der Waals surface area contributed by atoms with Crippen molar-refractivity contribution < 1.29 is 8.42 Å². The minimum absolute atomic E-state index is 0.362. The number of rotatable bonds is 7. The maximum Gasteiger partial charge on any atom is 0.191 e. The zero-order valence-corrected chi connectivity index (χ0v) is 18.2. The van der Waals surface area contributed by atoms with E-state index in [9.17, 15) is 8.42 Å². The van der Waals surface area contributed by atoms with Gasteiger partial charge in [0.15, 0.2) is 15.8 Å². The maximum atomic E-state index is 11.8. The molecule has 2 N–H and O–H groups in total. The van der Waals surface area contributed by atoms with Gasteiger partial charge in [0.2, 0.25) is 0 Å². The van der Waals surface area contributed by atoms with E-state index in [2.05, 4.69) is 53.7 Å². The first-order valence-corrected chi connectivity index (χ1v) is 11.5. The van der Waals surface area contributed by atoms with Crippen LogP contribution in [0.3, 0.4) is 0 Å². The minimum atomic E-state index is -3.20. The molecular formula is C22H31N3O2S. The molecular weight excluding hydrogens is 370 g/mol. The standard InChI is InChI=1S/C22H31N3O2S/c1-6-23-22(24-14-18(4)20-10-7-16(2)8-11-20)25-15-19-9-12-21(17(3)13-19)28(5,26)27/h7-13,18H,6,14-15H2,1-5H3,(H2,23,24,25). The molecule has 0 amide bonds. The molecule has 0 aliphatic carbocycles. The van der Waals surface area contributed by atoms with Gasteiger partial charge in [0.25, 0.3) is 0 Å². The molecule has 0 radical (unpaired) electrons. The van der Waals surface area contributed by atoms with Crippen molar-refractivity contribution in [3.05, 3.63) is 64.7 Å². The lowest BCUT2D eigenvalue weighted by Gasteiger charge is -2.16. The Morgan fingerprint density at radius 2 is 1.75 bits per heavy atom. The van der Waals surface area contributed by atoms with Crippen LogP contribution in [0.2, 0.25) is 0 Å². The van der Waals surface area contributed by atoms with Gasteiger partial charge in [-0.3, -0.25) is 0 Å². The van der Waals surface area contributed by atoms with E-state index >= 15 is 0 Å². The second-order valence-electron chi connectivity index (χ2n) is 7.26. The SMILES string of the molecule is CCNC(=NCc1ccc(S(C)(=O)=O)c(C)c1)NCC(C)c1ccc(C)cc1. The molecule has 2 aromatic rings. The van der Waals surface area contributed by atoms with Crippen molar-refractivity contribution in [2.45, 2.75) is 45.1 Å². The molecule has 28 heavy (non-hydrogen) atoms. The van der Waals surface area contributed by atoms with Gasteiger partial charge in [0.05, 0.1) is 11.4 Å². The van der Waals surface area contributed by atoms with Crippen LogP contribution in [0.15, 0.2) is 52.4 Å². The Balaban J connectivity index is 2.03. The van der Waals surface area contributed by atoms with E-state index in [1.807, 2.05) is 26.0 Å². The fraction of sp³-hybridized carbons (Fsp3) is 0.409. The summed E-state index contributed by atoms with van der Waals surface area (Å²) in [5.41, 5.74) is 4.28. The number of guanidine groups is 1. The lowest BCUT2D eigenvalue weighted by Crippen LogP contribution is -2.39. The summed E-state index contributed by atoms with van der Waals surface area (Å²) in [6, 6.07) is 14.0. The highest BCUT2D eigenvalue weighted by Gasteiger charge is 2.11. The van der Waals surface area contributed by atoms with Crippen LogP contribution in [-0.4, -0.2) is 33.7 Å². The van der Waals surface area contributed by atoms with Gasteiger partial charge in [-0.05, 0) is 49.4 Å². The summed E-state index contributed by atoms with van der Waals surface area (Å²) < 4.78 is 23.5. The summed E-state index contributed by atoms with van der Waals surface area (Å²) in [5.74, 6) is 1.12. The fourth-order valence-corrected chi connectivity index (χ4v) is 3.96. The molecule has 2 rings (SSSR count). The van der Waals surface area contributed by atoms with Gasteiger partial charge in [-0.25, -0.2) is 13.4 Å². The van der Waals surface area contributed by atoms with Crippen molar-refractivity contribution in [3.63, 3.8) is 0 Å². The van der Waals surface area contributed by atoms with Crippen LogP contribution in [0.4, 0.5) is 0 Å². The molecule has 0 saturated heterocycles. The third-order valence-corrected chi connectivity index (χ3v) is 5.88. The number of aliphatic imine (C=N–C) groups is 1. The molecule has 0 aliphatic rings. The molecule has 0 spiro atoms. The van der Waals surface area contributed by atoms with Crippen molar-refractivity contribution in [1.29, 1.82) is 0 Å². The fourth-order valence-electron chi connectivity index (χ4n) is 3.00. The summed E-state index contributed by atoms with van der Waals surface area (Å²) >= 11 is 0. The van der Waals surface area contributed by atoms with Gasteiger partial charge in [-0.15, -0.1) is 0 Å². The van der Waals surface area contributed by atoms with Crippen molar-refractivity contribution in [2.75, 3.05) is 19.3 Å². The maximum absolute atomic E-state index is 11.8. The van der Waals surface area contributed by atoms with Crippen LogP contribution in [0.5, 0.6) is 0 Å². The second-order valence-corrected chi connectivity index (χ2v) is 9.24. The van der Waals surface area contributed by atoms with Gasteiger partial charge in [0, 0.05) is 19.3 Å². The number of sulfone groups is 1. The molecule has 0 saturated carbocycles. The minimum Gasteiger partial charge on any atom is -0.357 e. The monoisotopic (exact) mass is 401 g/mol. The first-order valence-electron chi connectivity index (χ1n) is 9.59. The summed E-state index contributed by atoms with van der Waals surface area (Å²) in [7, 11) is -3.20. The van der Waals surface area contributed by atoms with E-state index in [1.165, 1.54) is 17.4 Å². The molecule has 2 aromatic carbocycles. The van der Waals surface area contributed by atoms with E-state index in [1.54, 1.807) is 6.07 Å². The zero-order valence-electron chi connectivity index (χ0n) is 17.4. The van der Waals surface area contributed by atoms with Crippen LogP contribution >= 0.6 is 0 Å². The Morgan fingerprint density at radius 1 is 1.07 bits per heavy atom. The molecule has 0 heterocycles. The molecule has 0 fully saturated rings. The third kappa shape index (κ3) is 6.37. The van der Waals surface area contributed by atoms with E-state index in [-0.39, 0.29) is 0 Å². The molecule has 1 atom stereocenters. The van der Waals surface area contributed by atoms with Crippen molar-refractivity contribution in [2.24, 2.45) is 4.99 Å². The van der Waals surface area contributed by atoms with Crippen molar-refractivity contribution in [1.82, 2.24) is 10.6 Å². The molecule has 1 unspecified atom stereocenters. The number of aryl methyl sites for hydroxylation is 2. The van der Waals surface area contributed by atoms with Crippen LogP contribution in [-0.2, 0) is 16.4 Å². The van der Waals surface area contributed by atoms with Gasteiger partial charge in [-0.2, -0.15) is 0 Å². The molecule has 6 heteroatoms. The van der Waals surface area contributed by atoms with E-state index in [0.717, 1.165) is 30.2 Å². The number of hydrogen-bond donors (Lipinski definition) is 2. The summed E-state index contributed by atoms with van der Waals surface area (Å²) in [6.45, 7) is 10.2. The first-order chi connectivity index (χ1) is 13.2.